The normalized spacial score (nSPS) is 26.6. The van der Waals surface area contributed by atoms with Crippen LogP contribution in [0.25, 0.3) is 11.0 Å². The summed E-state index contributed by atoms with van der Waals surface area (Å²) in [6, 6.07) is 0.201. The van der Waals surface area contributed by atoms with Crippen molar-refractivity contribution in [2.45, 2.75) is 109 Å². The zero-order valence-electron chi connectivity index (χ0n) is 26.7. The van der Waals surface area contributed by atoms with Gasteiger partial charge in [-0.1, -0.05) is 6.92 Å². The fourth-order valence-electron chi connectivity index (χ4n) is 6.84. The summed E-state index contributed by atoms with van der Waals surface area (Å²) in [6.45, 7) is 7.65. The molecule has 2 aliphatic heterocycles. The summed E-state index contributed by atoms with van der Waals surface area (Å²) in [5.74, 6) is -2.93. The van der Waals surface area contributed by atoms with Crippen molar-refractivity contribution >= 4 is 34.9 Å². The Hall–Kier alpha value is -3.78. The van der Waals surface area contributed by atoms with Gasteiger partial charge in [-0.25, -0.2) is 9.48 Å². The number of likely N-dealkylation sites (tertiary alicyclic amines) is 1. The molecule has 14 heteroatoms. The molecule has 0 N–H and O–H groups in total. The van der Waals surface area contributed by atoms with Crippen molar-refractivity contribution in [3.8, 4) is 5.88 Å². The van der Waals surface area contributed by atoms with Crippen LogP contribution in [0.4, 0.5) is 0 Å². The number of hydrogen-bond donors (Lipinski definition) is 0. The number of nitrogens with zero attached hydrogens (tertiary/aromatic N) is 4. The zero-order chi connectivity index (χ0) is 32.4. The highest BCUT2D eigenvalue weighted by Crippen LogP contribution is 2.42. The smallest absolute Gasteiger partial charge is 0.339 e. The molecule has 45 heavy (non-hydrogen) atoms. The van der Waals surface area contributed by atoms with Gasteiger partial charge in [0.2, 0.25) is 18.3 Å². The maximum absolute atomic E-state index is 12.9. The second-order valence-electron chi connectivity index (χ2n) is 11.8. The molecule has 0 radical (unpaired) electrons. The van der Waals surface area contributed by atoms with E-state index in [2.05, 4.69) is 11.8 Å². The van der Waals surface area contributed by atoms with Crippen molar-refractivity contribution in [1.29, 1.82) is 0 Å². The minimum absolute atomic E-state index is 0.201. The number of rotatable bonds is 9. The third-order valence-corrected chi connectivity index (χ3v) is 8.53. The molecule has 0 amide bonds. The Bertz CT molecular complexity index is 1460. The third kappa shape index (κ3) is 6.62. The van der Waals surface area contributed by atoms with Crippen LogP contribution >= 0.6 is 0 Å². The Kier molecular flexibility index (Phi) is 9.92. The molecule has 0 saturated carbocycles. The quantitative estimate of drug-likeness (QED) is 0.294. The summed E-state index contributed by atoms with van der Waals surface area (Å²) in [6.07, 6.45) is -0.826. The van der Waals surface area contributed by atoms with E-state index < -0.39 is 54.6 Å². The molecule has 2 fully saturated rings. The molecule has 0 aromatic carbocycles. The van der Waals surface area contributed by atoms with E-state index >= 15 is 0 Å². The monoisotopic (exact) mass is 630 g/mol. The Morgan fingerprint density at radius 2 is 1.56 bits per heavy atom. The lowest BCUT2D eigenvalue weighted by Gasteiger charge is -2.43. The molecule has 2 aromatic rings. The van der Waals surface area contributed by atoms with Gasteiger partial charge in [0.1, 0.15) is 0 Å². The lowest BCUT2D eigenvalue weighted by Crippen LogP contribution is -2.64. The molecule has 6 atom stereocenters. The van der Waals surface area contributed by atoms with Crippen molar-refractivity contribution < 1.29 is 47.6 Å². The van der Waals surface area contributed by atoms with Gasteiger partial charge in [0.15, 0.2) is 24.0 Å². The molecule has 3 aliphatic rings. The number of pyridine rings is 1. The summed E-state index contributed by atoms with van der Waals surface area (Å²) in [7, 11) is 2.99. The topological polar surface area (TPSA) is 158 Å². The van der Waals surface area contributed by atoms with Crippen LogP contribution in [0.1, 0.15) is 82.7 Å². The highest BCUT2D eigenvalue weighted by Gasteiger charge is 2.56. The van der Waals surface area contributed by atoms with Crippen LogP contribution in [0.3, 0.4) is 0 Å². The highest BCUT2D eigenvalue weighted by atomic mass is 16.7. The van der Waals surface area contributed by atoms with E-state index in [9.17, 15) is 19.2 Å². The van der Waals surface area contributed by atoms with Crippen LogP contribution in [-0.4, -0.2) is 94.4 Å². The summed E-state index contributed by atoms with van der Waals surface area (Å²) in [5, 5.41) is 6.01. The minimum Gasteiger partial charge on any atom is -0.467 e. The van der Waals surface area contributed by atoms with Gasteiger partial charge in [-0.2, -0.15) is 10.1 Å². The van der Waals surface area contributed by atoms with Gasteiger partial charge >= 0.3 is 23.9 Å². The molecule has 2 aromatic heterocycles. The summed E-state index contributed by atoms with van der Waals surface area (Å²) < 4.78 is 35.6. The molecule has 2 saturated heterocycles. The maximum Gasteiger partial charge on any atom is 0.339 e. The second kappa shape index (κ2) is 13.7. The number of ether oxygens (including phenoxy) is 6. The van der Waals surface area contributed by atoms with Gasteiger partial charge in [0.25, 0.3) is 0 Å². The standard InChI is InChI=1S/C31H42N4O10/c1-7-14-35-15-10-13-21(35)23-22-19-11-8-9-12-20(19)29(32-28(22)34(5)33-23)45-31-27(43-18(4)38)25(42-17(3)37)24(41-16(2)36)26(44-31)30(39)40-6/h21,24-27,31H,7-15H2,1-6H3/t21-,24+,25+,26+,27-,31+/m1/s1. The van der Waals surface area contributed by atoms with Gasteiger partial charge < -0.3 is 28.4 Å². The van der Waals surface area contributed by atoms with Crippen LogP contribution < -0.4 is 4.74 Å². The van der Waals surface area contributed by atoms with E-state index in [-0.39, 0.29) is 11.9 Å². The fraction of sp³-hybridized carbons (Fsp3) is 0.677. The molecular formula is C31H42N4O10. The number of esters is 4. The average molecular weight is 631 g/mol. The summed E-state index contributed by atoms with van der Waals surface area (Å²) in [4.78, 5) is 56.9. The van der Waals surface area contributed by atoms with E-state index in [1.54, 1.807) is 4.68 Å². The molecule has 246 valence electrons. The molecule has 14 nitrogen and oxygen atoms in total. The van der Waals surface area contributed by atoms with Crippen LogP contribution in [0.15, 0.2) is 0 Å². The number of hydrogen-bond acceptors (Lipinski definition) is 13. The number of carbonyl (C=O) groups is 4. The molecular weight excluding hydrogens is 588 g/mol. The first-order chi connectivity index (χ1) is 21.5. The van der Waals surface area contributed by atoms with Gasteiger partial charge in [-0.3, -0.25) is 19.3 Å². The van der Waals surface area contributed by atoms with Gasteiger partial charge in [-0.05, 0) is 63.6 Å². The lowest BCUT2D eigenvalue weighted by molar-refractivity contribution is -0.283. The maximum atomic E-state index is 12.9. The second-order valence-corrected chi connectivity index (χ2v) is 11.8. The number of aromatic nitrogens is 3. The molecule has 0 spiro atoms. The Labute approximate surface area is 261 Å². The first kappa shape index (κ1) is 32.6. The van der Waals surface area contributed by atoms with Crippen molar-refractivity contribution in [2.24, 2.45) is 7.05 Å². The fourth-order valence-corrected chi connectivity index (χ4v) is 6.84. The van der Waals surface area contributed by atoms with Gasteiger partial charge in [-0.15, -0.1) is 0 Å². The van der Waals surface area contributed by atoms with Crippen LogP contribution in [0.2, 0.25) is 0 Å². The van der Waals surface area contributed by atoms with Gasteiger partial charge in [0.05, 0.1) is 18.8 Å². The van der Waals surface area contributed by atoms with Crippen LogP contribution in [0.5, 0.6) is 5.88 Å². The lowest BCUT2D eigenvalue weighted by atomic mass is 9.89. The van der Waals surface area contributed by atoms with E-state index in [0.717, 1.165) is 94.8 Å². The average Bonchev–Trinajstić information content (AvgIpc) is 3.58. The molecule has 1 aliphatic carbocycles. The van der Waals surface area contributed by atoms with E-state index in [0.29, 0.717) is 12.1 Å². The van der Waals surface area contributed by atoms with E-state index in [1.807, 2.05) is 7.05 Å². The Balaban J connectivity index is 1.60. The first-order valence-electron chi connectivity index (χ1n) is 15.6. The van der Waals surface area contributed by atoms with E-state index in [4.69, 9.17) is 38.5 Å². The number of carbonyl (C=O) groups excluding carboxylic acids is 4. The highest BCUT2D eigenvalue weighted by molar-refractivity contribution is 5.85. The van der Waals surface area contributed by atoms with Crippen molar-refractivity contribution in [1.82, 2.24) is 19.7 Å². The summed E-state index contributed by atoms with van der Waals surface area (Å²) >= 11 is 0. The number of methoxy groups -OCH3 is 1. The Morgan fingerprint density at radius 3 is 2.20 bits per heavy atom. The Morgan fingerprint density at radius 1 is 0.911 bits per heavy atom. The molecule has 5 rings (SSSR count). The minimum atomic E-state index is -1.56. The molecule has 4 heterocycles. The van der Waals surface area contributed by atoms with Crippen molar-refractivity contribution in [2.75, 3.05) is 20.2 Å². The number of fused-ring (bicyclic) bond motifs is 3. The third-order valence-electron chi connectivity index (χ3n) is 8.53. The van der Waals surface area contributed by atoms with Crippen molar-refractivity contribution in [3.63, 3.8) is 0 Å². The van der Waals surface area contributed by atoms with Crippen LogP contribution in [-0.2, 0) is 62.8 Å². The van der Waals surface area contributed by atoms with Gasteiger partial charge in [0, 0.05) is 38.8 Å². The largest absolute Gasteiger partial charge is 0.467 e. The number of aryl methyl sites for hydroxylation is 2. The van der Waals surface area contributed by atoms with E-state index in [1.165, 1.54) is 6.92 Å². The SMILES string of the molecule is CCCN1CCC[C@@H]1c1nn(C)c2nc(O[C@@H]3O[C@H](C(=O)OC)[C@@H](OC(C)=O)[C@H](OC(C)=O)[C@H]3OC(C)=O)c3c(c12)CCCC3. The van der Waals surface area contributed by atoms with Crippen LogP contribution in [0, 0.1) is 0 Å². The zero-order valence-corrected chi connectivity index (χ0v) is 26.7. The molecule has 0 unspecified atom stereocenters. The first-order valence-corrected chi connectivity index (χ1v) is 15.6. The predicted octanol–water partition coefficient (Wildman–Crippen LogP) is 2.47. The predicted molar refractivity (Wildman–Crippen MR) is 157 cm³/mol. The van der Waals surface area contributed by atoms with Crippen molar-refractivity contribution in [3.05, 3.63) is 16.8 Å². The summed E-state index contributed by atoms with van der Waals surface area (Å²) in [5.41, 5.74) is 3.65. The molecule has 0 bridgehead atoms.